The molecular formula is C15H19FN4O. The largest absolute Gasteiger partial charge is 0.320 e. The van der Waals surface area contributed by atoms with Crippen LogP contribution < -0.4 is 11.1 Å². The number of benzene rings is 1. The number of aryl methyl sites for hydroxylation is 1. The Balaban J connectivity index is 2.18. The Kier molecular flexibility index (Phi) is 4.70. The van der Waals surface area contributed by atoms with Crippen molar-refractivity contribution in [3.63, 3.8) is 0 Å². The summed E-state index contributed by atoms with van der Waals surface area (Å²) in [6.45, 7) is 3.80. The molecule has 1 aromatic heterocycles. The number of hydrogen-bond donors (Lipinski definition) is 2. The van der Waals surface area contributed by atoms with Crippen LogP contribution in [0.2, 0.25) is 0 Å². The van der Waals surface area contributed by atoms with Crippen LogP contribution in [0.4, 0.5) is 10.2 Å². The molecular weight excluding hydrogens is 271 g/mol. The number of aromatic nitrogens is 2. The van der Waals surface area contributed by atoms with Gasteiger partial charge in [0.1, 0.15) is 5.82 Å². The van der Waals surface area contributed by atoms with Crippen molar-refractivity contribution in [2.24, 2.45) is 5.73 Å². The van der Waals surface area contributed by atoms with Crippen LogP contribution >= 0.6 is 0 Å². The lowest BCUT2D eigenvalue weighted by Gasteiger charge is -2.09. The van der Waals surface area contributed by atoms with E-state index in [0.717, 1.165) is 12.1 Å². The maximum absolute atomic E-state index is 13.3. The summed E-state index contributed by atoms with van der Waals surface area (Å²) in [5.41, 5.74) is 7.15. The molecule has 1 unspecified atom stereocenters. The first-order chi connectivity index (χ1) is 10.0. The molecule has 21 heavy (non-hydrogen) atoms. The van der Waals surface area contributed by atoms with Gasteiger partial charge >= 0.3 is 0 Å². The summed E-state index contributed by atoms with van der Waals surface area (Å²) in [7, 11) is 0. The molecule has 1 aromatic carbocycles. The third-order valence-electron chi connectivity index (χ3n) is 3.13. The summed E-state index contributed by atoms with van der Waals surface area (Å²) in [6, 6.07) is 7.29. The van der Waals surface area contributed by atoms with Crippen LogP contribution in [0.1, 0.15) is 25.5 Å². The van der Waals surface area contributed by atoms with Crippen molar-refractivity contribution >= 4 is 11.7 Å². The molecule has 0 aliphatic rings. The van der Waals surface area contributed by atoms with Gasteiger partial charge in [0.2, 0.25) is 5.91 Å². The van der Waals surface area contributed by atoms with Crippen molar-refractivity contribution in [1.29, 1.82) is 0 Å². The van der Waals surface area contributed by atoms with Gasteiger partial charge in [0.25, 0.3) is 0 Å². The van der Waals surface area contributed by atoms with Crippen LogP contribution in [-0.4, -0.2) is 21.7 Å². The molecule has 0 fully saturated rings. The molecule has 1 heterocycles. The van der Waals surface area contributed by atoms with Gasteiger partial charge in [0.05, 0.1) is 11.7 Å². The van der Waals surface area contributed by atoms with Gasteiger partial charge in [0.15, 0.2) is 5.82 Å². The van der Waals surface area contributed by atoms with E-state index in [4.69, 9.17) is 5.73 Å². The molecule has 112 valence electrons. The molecule has 0 aliphatic heterocycles. The smallest absolute Gasteiger partial charge is 0.242 e. The number of anilines is 1. The zero-order valence-electron chi connectivity index (χ0n) is 12.1. The molecule has 0 bridgehead atoms. The van der Waals surface area contributed by atoms with E-state index >= 15 is 0 Å². The fourth-order valence-electron chi connectivity index (χ4n) is 2.07. The number of amides is 1. The van der Waals surface area contributed by atoms with Crippen molar-refractivity contribution in [3.05, 3.63) is 41.8 Å². The Morgan fingerprint density at radius 2 is 2.24 bits per heavy atom. The summed E-state index contributed by atoms with van der Waals surface area (Å²) in [5.74, 6) is -0.188. The predicted molar refractivity (Wildman–Crippen MR) is 79.8 cm³/mol. The lowest BCUT2D eigenvalue weighted by molar-refractivity contribution is -0.117. The van der Waals surface area contributed by atoms with Crippen LogP contribution in [0, 0.1) is 12.7 Å². The molecule has 0 spiro atoms. The van der Waals surface area contributed by atoms with E-state index in [1.165, 1.54) is 12.1 Å². The highest BCUT2D eigenvalue weighted by atomic mass is 19.1. The fraction of sp³-hybridized carbons (Fsp3) is 0.333. The third-order valence-corrected chi connectivity index (χ3v) is 3.13. The fourth-order valence-corrected chi connectivity index (χ4v) is 2.07. The minimum Gasteiger partial charge on any atom is -0.320 e. The highest BCUT2D eigenvalue weighted by Crippen LogP contribution is 2.16. The lowest BCUT2D eigenvalue weighted by Crippen LogP contribution is -2.35. The Morgan fingerprint density at radius 3 is 2.90 bits per heavy atom. The average Bonchev–Trinajstić information content (AvgIpc) is 2.79. The second-order valence-corrected chi connectivity index (χ2v) is 4.95. The number of carbonyl (C=O) groups is 1. The number of nitrogens with one attached hydrogen (secondary N) is 1. The van der Waals surface area contributed by atoms with E-state index in [2.05, 4.69) is 10.4 Å². The summed E-state index contributed by atoms with van der Waals surface area (Å²) in [6.07, 6.45) is 1.46. The van der Waals surface area contributed by atoms with Crippen LogP contribution in [0.25, 0.3) is 5.69 Å². The Labute approximate surface area is 123 Å². The summed E-state index contributed by atoms with van der Waals surface area (Å²) < 4.78 is 14.8. The Hall–Kier alpha value is -2.21. The van der Waals surface area contributed by atoms with Gasteiger partial charge in [-0.25, -0.2) is 9.07 Å². The summed E-state index contributed by atoms with van der Waals surface area (Å²) in [4.78, 5) is 11.9. The quantitative estimate of drug-likeness (QED) is 0.888. The van der Waals surface area contributed by atoms with Gasteiger partial charge in [0, 0.05) is 11.8 Å². The topological polar surface area (TPSA) is 72.9 Å². The maximum Gasteiger partial charge on any atom is 0.242 e. The molecule has 1 atom stereocenters. The standard InChI is InChI=1S/C15H19FN4O/c1-3-5-13(17)15(21)18-14-8-10(2)20(19-14)12-7-4-6-11(16)9-12/h4,6-9,13H,3,5,17H2,1-2H3,(H,18,19,21). The molecule has 2 rings (SSSR count). The van der Waals surface area contributed by atoms with Gasteiger partial charge in [-0.1, -0.05) is 19.4 Å². The zero-order chi connectivity index (χ0) is 15.4. The van der Waals surface area contributed by atoms with Crippen LogP contribution in [0.3, 0.4) is 0 Å². The molecule has 1 amide bonds. The Morgan fingerprint density at radius 1 is 1.48 bits per heavy atom. The van der Waals surface area contributed by atoms with E-state index in [1.54, 1.807) is 22.9 Å². The second kappa shape index (κ2) is 6.49. The molecule has 0 radical (unpaired) electrons. The van der Waals surface area contributed by atoms with Gasteiger partial charge in [-0.2, -0.15) is 0 Å². The number of carbonyl (C=O) groups excluding carboxylic acids is 1. The van der Waals surface area contributed by atoms with Gasteiger partial charge in [-0.3, -0.25) is 4.79 Å². The number of nitrogens with two attached hydrogens (primary N) is 1. The van der Waals surface area contributed by atoms with Gasteiger partial charge in [-0.05, 0) is 31.5 Å². The third kappa shape index (κ3) is 3.66. The van der Waals surface area contributed by atoms with E-state index in [1.807, 2.05) is 13.8 Å². The van der Waals surface area contributed by atoms with Gasteiger partial charge in [-0.15, -0.1) is 5.10 Å². The predicted octanol–water partition coefficient (Wildman–Crippen LogP) is 2.39. The monoisotopic (exact) mass is 290 g/mol. The number of halogens is 1. The zero-order valence-corrected chi connectivity index (χ0v) is 12.1. The molecule has 0 saturated carbocycles. The van der Waals surface area contributed by atoms with Crippen LogP contribution in [0.15, 0.2) is 30.3 Å². The van der Waals surface area contributed by atoms with Gasteiger partial charge < -0.3 is 11.1 Å². The molecule has 6 heteroatoms. The first kappa shape index (κ1) is 15.2. The van der Waals surface area contributed by atoms with E-state index in [9.17, 15) is 9.18 Å². The highest BCUT2D eigenvalue weighted by molar-refractivity contribution is 5.93. The number of hydrogen-bond acceptors (Lipinski definition) is 3. The summed E-state index contributed by atoms with van der Waals surface area (Å²) >= 11 is 0. The van der Waals surface area contributed by atoms with Crippen molar-refractivity contribution in [2.45, 2.75) is 32.7 Å². The molecule has 3 N–H and O–H groups in total. The second-order valence-electron chi connectivity index (χ2n) is 4.95. The van der Waals surface area contributed by atoms with E-state index in [0.29, 0.717) is 17.9 Å². The van der Waals surface area contributed by atoms with Crippen molar-refractivity contribution < 1.29 is 9.18 Å². The maximum atomic E-state index is 13.3. The minimum absolute atomic E-state index is 0.263. The molecule has 5 nitrogen and oxygen atoms in total. The Bertz CT molecular complexity index is 638. The first-order valence-electron chi connectivity index (χ1n) is 6.90. The first-order valence-corrected chi connectivity index (χ1v) is 6.90. The lowest BCUT2D eigenvalue weighted by atomic mass is 10.2. The number of rotatable bonds is 5. The normalized spacial score (nSPS) is 12.2. The van der Waals surface area contributed by atoms with Crippen molar-refractivity contribution in [1.82, 2.24) is 9.78 Å². The van der Waals surface area contributed by atoms with Crippen molar-refractivity contribution in [2.75, 3.05) is 5.32 Å². The van der Waals surface area contributed by atoms with Crippen LogP contribution in [0.5, 0.6) is 0 Å². The minimum atomic E-state index is -0.547. The van der Waals surface area contributed by atoms with Crippen LogP contribution in [-0.2, 0) is 4.79 Å². The average molecular weight is 290 g/mol. The molecule has 0 aliphatic carbocycles. The van der Waals surface area contributed by atoms with E-state index in [-0.39, 0.29) is 11.7 Å². The molecule has 0 saturated heterocycles. The summed E-state index contributed by atoms with van der Waals surface area (Å²) in [5, 5.41) is 6.95. The highest BCUT2D eigenvalue weighted by Gasteiger charge is 2.15. The number of nitrogens with zero attached hydrogens (tertiary/aromatic N) is 2. The van der Waals surface area contributed by atoms with Crippen molar-refractivity contribution in [3.8, 4) is 5.69 Å². The SMILES string of the molecule is CCCC(N)C(=O)Nc1cc(C)n(-c2cccc(F)c2)n1. The van der Waals surface area contributed by atoms with E-state index < -0.39 is 6.04 Å². The molecule has 2 aromatic rings.